The third-order valence-electron chi connectivity index (χ3n) is 3.36. The van der Waals surface area contributed by atoms with Gasteiger partial charge in [-0.1, -0.05) is 0 Å². The zero-order chi connectivity index (χ0) is 15.1. The number of fused-ring (bicyclic) bond motifs is 1. The Kier molecular flexibility index (Phi) is 2.95. The fraction of sp³-hybridized carbons (Fsp3) is 0.250. The number of aromatic amines is 1. The second-order valence-electron chi connectivity index (χ2n) is 4.58. The van der Waals surface area contributed by atoms with Gasteiger partial charge in [0.15, 0.2) is 0 Å². The van der Waals surface area contributed by atoms with E-state index in [0.29, 0.717) is 10.4 Å². The Hall–Kier alpha value is -2.73. The number of nitrogens with one attached hydrogen (secondary N) is 2. The highest BCUT2D eigenvalue weighted by Crippen LogP contribution is 2.45. The van der Waals surface area contributed by atoms with E-state index in [1.54, 1.807) is 6.92 Å². The summed E-state index contributed by atoms with van der Waals surface area (Å²) in [4.78, 5) is 11.0. The zero-order valence-electron chi connectivity index (χ0n) is 10.8. The van der Waals surface area contributed by atoms with Crippen molar-refractivity contribution in [3.8, 4) is 11.9 Å². The maximum atomic E-state index is 10.8. The molecule has 8 nitrogen and oxygen atoms in total. The van der Waals surface area contributed by atoms with Gasteiger partial charge >= 0.3 is 0 Å². The van der Waals surface area contributed by atoms with Crippen molar-refractivity contribution >= 4 is 22.9 Å². The van der Waals surface area contributed by atoms with Crippen molar-refractivity contribution in [1.29, 1.82) is 10.7 Å². The van der Waals surface area contributed by atoms with Crippen molar-refractivity contribution < 1.29 is 9.66 Å². The molecule has 3 rings (SSSR count). The van der Waals surface area contributed by atoms with Crippen LogP contribution in [0.25, 0.3) is 0 Å². The summed E-state index contributed by atoms with van der Waals surface area (Å²) in [5.74, 6) is -1.25. The zero-order valence-corrected chi connectivity index (χ0v) is 11.6. The van der Waals surface area contributed by atoms with E-state index in [4.69, 9.17) is 10.1 Å². The molecule has 0 saturated carbocycles. The minimum atomic E-state index is -0.827. The highest BCUT2D eigenvalue weighted by Gasteiger charge is 2.41. The molecule has 2 aromatic rings. The Bertz CT molecular complexity index is 787. The number of nitriles is 1. The molecular formula is C12H9N5O3S. The van der Waals surface area contributed by atoms with Crippen molar-refractivity contribution in [3.05, 3.63) is 37.7 Å². The highest BCUT2D eigenvalue weighted by atomic mass is 32.1. The normalized spacial score (nSPS) is 20.5. The van der Waals surface area contributed by atoms with Gasteiger partial charge in [-0.15, -0.1) is 16.4 Å². The van der Waals surface area contributed by atoms with Crippen LogP contribution in [-0.2, 0) is 0 Å². The molecule has 0 spiro atoms. The topological polar surface area (TPSA) is 129 Å². The van der Waals surface area contributed by atoms with Crippen molar-refractivity contribution in [2.75, 3.05) is 0 Å². The van der Waals surface area contributed by atoms with Crippen LogP contribution in [0.3, 0.4) is 0 Å². The molecule has 2 N–H and O–H groups in total. The van der Waals surface area contributed by atoms with Gasteiger partial charge in [-0.2, -0.15) is 5.26 Å². The molecule has 21 heavy (non-hydrogen) atoms. The first-order valence-electron chi connectivity index (χ1n) is 5.96. The predicted octanol–water partition coefficient (Wildman–Crippen LogP) is 2.33. The van der Waals surface area contributed by atoms with E-state index in [1.807, 2.05) is 6.07 Å². The van der Waals surface area contributed by atoms with Gasteiger partial charge in [0.25, 0.3) is 5.69 Å². The SMILES string of the molecule is Cc1[nH]nc2c1C(c1cc([N+](=O)[O-])cs1)C(C#N)C(=N)O2. The van der Waals surface area contributed by atoms with Crippen molar-refractivity contribution in [1.82, 2.24) is 10.2 Å². The first kappa shape index (κ1) is 13.3. The summed E-state index contributed by atoms with van der Waals surface area (Å²) in [7, 11) is 0. The lowest BCUT2D eigenvalue weighted by Crippen LogP contribution is -2.30. The van der Waals surface area contributed by atoms with E-state index in [2.05, 4.69) is 10.2 Å². The molecule has 2 unspecified atom stereocenters. The third-order valence-corrected chi connectivity index (χ3v) is 4.36. The van der Waals surface area contributed by atoms with E-state index in [9.17, 15) is 15.4 Å². The van der Waals surface area contributed by atoms with Crippen LogP contribution in [0.4, 0.5) is 5.69 Å². The van der Waals surface area contributed by atoms with Gasteiger partial charge in [0, 0.05) is 22.2 Å². The van der Waals surface area contributed by atoms with Crippen LogP contribution in [-0.4, -0.2) is 21.0 Å². The minimum absolute atomic E-state index is 0.0209. The number of ether oxygens (including phenoxy) is 1. The Balaban J connectivity index is 2.16. The average Bonchev–Trinajstić information content (AvgIpc) is 3.05. The summed E-state index contributed by atoms with van der Waals surface area (Å²) in [6, 6.07) is 3.48. The first-order chi connectivity index (χ1) is 10.0. The maximum absolute atomic E-state index is 10.8. The number of rotatable bonds is 2. The van der Waals surface area contributed by atoms with Crippen LogP contribution in [0, 0.1) is 39.7 Å². The Morgan fingerprint density at radius 2 is 2.43 bits per heavy atom. The number of nitrogens with zero attached hydrogens (tertiary/aromatic N) is 3. The third kappa shape index (κ3) is 1.96. The molecule has 1 aliphatic heterocycles. The summed E-state index contributed by atoms with van der Waals surface area (Å²) in [5.41, 5.74) is 1.38. The molecule has 0 bridgehead atoms. The van der Waals surface area contributed by atoms with E-state index in [-0.39, 0.29) is 17.5 Å². The van der Waals surface area contributed by atoms with Crippen LogP contribution >= 0.6 is 11.3 Å². The number of thiophene rings is 1. The predicted molar refractivity (Wildman–Crippen MR) is 73.6 cm³/mol. The lowest BCUT2D eigenvalue weighted by Gasteiger charge is -2.26. The molecule has 0 aliphatic carbocycles. The molecule has 0 aromatic carbocycles. The van der Waals surface area contributed by atoms with Gasteiger partial charge in [0.2, 0.25) is 11.8 Å². The van der Waals surface area contributed by atoms with Gasteiger partial charge in [-0.25, -0.2) is 0 Å². The highest BCUT2D eigenvalue weighted by molar-refractivity contribution is 7.10. The molecule has 2 aromatic heterocycles. The monoisotopic (exact) mass is 303 g/mol. The van der Waals surface area contributed by atoms with Gasteiger partial charge < -0.3 is 4.74 Å². The molecule has 0 radical (unpaired) electrons. The smallest absolute Gasteiger partial charge is 0.280 e. The Morgan fingerprint density at radius 3 is 3.05 bits per heavy atom. The van der Waals surface area contributed by atoms with Crippen molar-refractivity contribution in [2.24, 2.45) is 5.92 Å². The summed E-state index contributed by atoms with van der Waals surface area (Å²) in [6.45, 7) is 1.79. The van der Waals surface area contributed by atoms with E-state index < -0.39 is 16.8 Å². The molecular weight excluding hydrogens is 294 g/mol. The number of nitro groups is 1. The lowest BCUT2D eigenvalue weighted by atomic mass is 9.83. The first-order valence-corrected chi connectivity index (χ1v) is 6.84. The van der Waals surface area contributed by atoms with Gasteiger partial charge in [0.05, 0.1) is 22.3 Å². The molecule has 1 aliphatic rings. The second-order valence-corrected chi connectivity index (χ2v) is 5.53. The summed E-state index contributed by atoms with van der Waals surface area (Å²) in [5, 5.41) is 36.2. The summed E-state index contributed by atoms with van der Waals surface area (Å²) < 4.78 is 5.25. The van der Waals surface area contributed by atoms with Crippen LogP contribution < -0.4 is 4.74 Å². The van der Waals surface area contributed by atoms with Gasteiger partial charge in [0.1, 0.15) is 5.92 Å². The maximum Gasteiger partial charge on any atom is 0.280 e. The fourth-order valence-corrected chi connectivity index (χ4v) is 3.39. The molecule has 9 heteroatoms. The number of hydrogen-bond donors (Lipinski definition) is 2. The van der Waals surface area contributed by atoms with E-state index in [1.165, 1.54) is 22.8 Å². The van der Waals surface area contributed by atoms with Crippen LogP contribution in [0.5, 0.6) is 5.88 Å². The number of H-pyrrole nitrogens is 1. The molecule has 0 amide bonds. The van der Waals surface area contributed by atoms with Crippen molar-refractivity contribution in [3.63, 3.8) is 0 Å². The van der Waals surface area contributed by atoms with Crippen LogP contribution in [0.2, 0.25) is 0 Å². The van der Waals surface area contributed by atoms with Gasteiger partial charge in [-0.05, 0) is 6.92 Å². The summed E-state index contributed by atoms with van der Waals surface area (Å²) >= 11 is 1.19. The average molecular weight is 303 g/mol. The standard InChI is InChI=1S/C12H9N5O3S/c1-5-9-10(8-2-6(4-21-8)17(18)19)7(3-13)11(14)20-12(9)16-15-5/h2,4,7,10,14H,1H3,(H,15,16). The molecule has 106 valence electrons. The quantitative estimate of drug-likeness (QED) is 0.649. The van der Waals surface area contributed by atoms with Crippen LogP contribution in [0.1, 0.15) is 22.1 Å². The Morgan fingerprint density at radius 1 is 1.67 bits per heavy atom. The number of aromatic nitrogens is 2. The van der Waals surface area contributed by atoms with Crippen molar-refractivity contribution in [2.45, 2.75) is 12.8 Å². The van der Waals surface area contributed by atoms with E-state index >= 15 is 0 Å². The van der Waals surface area contributed by atoms with Crippen LogP contribution in [0.15, 0.2) is 11.4 Å². The molecule has 2 atom stereocenters. The van der Waals surface area contributed by atoms with Gasteiger partial charge in [-0.3, -0.25) is 20.6 Å². The lowest BCUT2D eigenvalue weighted by molar-refractivity contribution is -0.384. The number of aryl methyl sites for hydroxylation is 1. The largest absolute Gasteiger partial charge is 0.422 e. The Labute approximate surface area is 122 Å². The molecule has 3 heterocycles. The fourth-order valence-electron chi connectivity index (χ4n) is 2.39. The molecule has 0 fully saturated rings. The number of hydrogen-bond acceptors (Lipinski definition) is 7. The summed E-state index contributed by atoms with van der Waals surface area (Å²) in [6.07, 6.45) is 0. The minimum Gasteiger partial charge on any atom is -0.422 e. The van der Waals surface area contributed by atoms with E-state index in [0.717, 1.165) is 5.69 Å². The second kappa shape index (κ2) is 4.68. The molecule has 0 saturated heterocycles.